The van der Waals surface area contributed by atoms with Crippen LogP contribution >= 0.6 is 11.5 Å². The van der Waals surface area contributed by atoms with Crippen LogP contribution < -0.4 is 14.8 Å². The summed E-state index contributed by atoms with van der Waals surface area (Å²) in [6.45, 7) is 1.94. The molecule has 0 radical (unpaired) electrons. The largest absolute Gasteiger partial charge is 0.497 e. The number of para-hydroxylation sites is 2. The van der Waals surface area contributed by atoms with Gasteiger partial charge in [0, 0.05) is 11.5 Å². The van der Waals surface area contributed by atoms with Crippen LogP contribution in [0, 0.1) is 6.92 Å². The Hall–Kier alpha value is -3.46. The Labute approximate surface area is 165 Å². The first-order valence-corrected chi connectivity index (χ1v) is 9.28. The summed E-state index contributed by atoms with van der Waals surface area (Å²) >= 11 is 1.26. The Bertz CT molecular complexity index is 1090. The normalized spacial score (nSPS) is 10.7. The fourth-order valence-electron chi connectivity index (χ4n) is 2.74. The summed E-state index contributed by atoms with van der Waals surface area (Å²) in [6.07, 6.45) is 0. The van der Waals surface area contributed by atoms with E-state index in [4.69, 9.17) is 9.47 Å². The average molecular weight is 394 g/mol. The third-order valence-electron chi connectivity index (χ3n) is 4.20. The van der Waals surface area contributed by atoms with Gasteiger partial charge < -0.3 is 14.8 Å². The SMILES string of the molecule is COc1ccc(-n2nnc(-c3nsc(Nc4ccccc4OC)n3)c2C)cc1. The lowest BCUT2D eigenvalue weighted by atomic mass is 10.2. The summed E-state index contributed by atoms with van der Waals surface area (Å²) in [7, 11) is 3.27. The van der Waals surface area contributed by atoms with Gasteiger partial charge in [-0.25, -0.2) is 4.68 Å². The molecule has 0 aliphatic heterocycles. The number of rotatable bonds is 6. The van der Waals surface area contributed by atoms with Gasteiger partial charge >= 0.3 is 0 Å². The lowest BCUT2D eigenvalue weighted by molar-refractivity contribution is 0.414. The van der Waals surface area contributed by atoms with E-state index < -0.39 is 0 Å². The second-order valence-corrected chi connectivity index (χ2v) is 6.63. The number of nitrogens with one attached hydrogen (secondary N) is 1. The van der Waals surface area contributed by atoms with E-state index in [1.165, 1.54) is 11.5 Å². The first-order valence-electron chi connectivity index (χ1n) is 8.50. The van der Waals surface area contributed by atoms with Crippen molar-refractivity contribution in [1.82, 2.24) is 24.4 Å². The molecule has 4 aromatic rings. The van der Waals surface area contributed by atoms with Crippen LogP contribution in [0.3, 0.4) is 0 Å². The summed E-state index contributed by atoms with van der Waals surface area (Å²) in [4.78, 5) is 4.55. The molecule has 142 valence electrons. The third-order valence-corrected chi connectivity index (χ3v) is 4.83. The van der Waals surface area contributed by atoms with E-state index in [1.807, 2.05) is 55.5 Å². The summed E-state index contributed by atoms with van der Waals surface area (Å²) in [5, 5.41) is 12.4. The molecule has 2 heterocycles. The Kier molecular flexibility index (Phi) is 4.90. The lowest BCUT2D eigenvalue weighted by Crippen LogP contribution is -1.99. The van der Waals surface area contributed by atoms with Gasteiger partial charge in [0.25, 0.3) is 0 Å². The zero-order valence-corrected chi connectivity index (χ0v) is 16.4. The molecule has 0 fully saturated rings. The summed E-state index contributed by atoms with van der Waals surface area (Å²) in [5.41, 5.74) is 3.21. The summed E-state index contributed by atoms with van der Waals surface area (Å²) < 4.78 is 16.7. The van der Waals surface area contributed by atoms with Gasteiger partial charge in [0.15, 0.2) is 11.5 Å². The van der Waals surface area contributed by atoms with Gasteiger partial charge in [0.05, 0.1) is 31.3 Å². The van der Waals surface area contributed by atoms with Crippen molar-refractivity contribution in [3.05, 3.63) is 54.2 Å². The standard InChI is InChI=1S/C19H18N6O2S/c1-12-17(22-24-25(12)13-8-10-14(26-2)11-9-13)18-21-19(28-23-18)20-15-6-4-5-7-16(15)27-3/h4-11H,1-3H3,(H,20,21,23). The van der Waals surface area contributed by atoms with Gasteiger partial charge in [-0.05, 0) is 43.3 Å². The molecular formula is C19H18N6O2S. The Morgan fingerprint density at radius 1 is 1.00 bits per heavy atom. The number of benzene rings is 2. The van der Waals surface area contributed by atoms with E-state index in [9.17, 15) is 0 Å². The number of hydrogen-bond acceptors (Lipinski definition) is 8. The quantitative estimate of drug-likeness (QED) is 0.531. The molecule has 1 N–H and O–H groups in total. The van der Waals surface area contributed by atoms with Crippen molar-refractivity contribution in [1.29, 1.82) is 0 Å². The molecule has 0 atom stereocenters. The minimum absolute atomic E-state index is 0.527. The van der Waals surface area contributed by atoms with Crippen LogP contribution in [-0.2, 0) is 0 Å². The second-order valence-electron chi connectivity index (χ2n) is 5.88. The van der Waals surface area contributed by atoms with Crippen LogP contribution in [0.5, 0.6) is 11.5 Å². The molecule has 2 aromatic carbocycles. The number of anilines is 2. The van der Waals surface area contributed by atoms with Crippen LogP contribution in [0.15, 0.2) is 48.5 Å². The maximum absolute atomic E-state index is 5.36. The van der Waals surface area contributed by atoms with Gasteiger partial charge in [-0.15, -0.1) is 5.10 Å². The van der Waals surface area contributed by atoms with Crippen LogP contribution in [0.1, 0.15) is 5.69 Å². The van der Waals surface area contributed by atoms with E-state index in [-0.39, 0.29) is 0 Å². The van der Waals surface area contributed by atoms with Crippen LogP contribution in [0.25, 0.3) is 17.2 Å². The van der Waals surface area contributed by atoms with Gasteiger partial charge in [-0.2, -0.15) is 9.36 Å². The Balaban J connectivity index is 1.59. The van der Waals surface area contributed by atoms with Crippen molar-refractivity contribution < 1.29 is 9.47 Å². The molecule has 0 unspecified atom stereocenters. The number of ether oxygens (including phenoxy) is 2. The molecule has 0 saturated carbocycles. The van der Waals surface area contributed by atoms with Crippen molar-refractivity contribution in [2.45, 2.75) is 6.92 Å². The van der Waals surface area contributed by atoms with Gasteiger partial charge in [0.1, 0.15) is 11.5 Å². The van der Waals surface area contributed by atoms with Gasteiger partial charge in [-0.1, -0.05) is 17.3 Å². The molecule has 0 spiro atoms. The lowest BCUT2D eigenvalue weighted by Gasteiger charge is -2.07. The molecule has 2 aromatic heterocycles. The molecule has 9 heteroatoms. The van der Waals surface area contributed by atoms with Gasteiger partial charge in [-0.3, -0.25) is 0 Å². The summed E-state index contributed by atoms with van der Waals surface area (Å²) in [5.74, 6) is 2.05. The smallest absolute Gasteiger partial charge is 0.207 e. The zero-order valence-electron chi connectivity index (χ0n) is 15.6. The predicted molar refractivity (Wildman–Crippen MR) is 108 cm³/mol. The van der Waals surface area contributed by atoms with Crippen molar-refractivity contribution >= 4 is 22.4 Å². The monoisotopic (exact) mass is 394 g/mol. The Morgan fingerprint density at radius 2 is 1.79 bits per heavy atom. The molecule has 0 aliphatic carbocycles. The van der Waals surface area contributed by atoms with Crippen LogP contribution in [0.2, 0.25) is 0 Å². The van der Waals surface area contributed by atoms with Crippen molar-refractivity contribution in [3.8, 4) is 28.7 Å². The Morgan fingerprint density at radius 3 is 2.54 bits per heavy atom. The van der Waals surface area contributed by atoms with E-state index in [1.54, 1.807) is 18.9 Å². The highest BCUT2D eigenvalue weighted by atomic mass is 32.1. The number of aromatic nitrogens is 5. The minimum Gasteiger partial charge on any atom is -0.497 e. The molecule has 0 amide bonds. The zero-order chi connectivity index (χ0) is 19.5. The summed E-state index contributed by atoms with van der Waals surface area (Å²) in [6, 6.07) is 15.3. The number of hydrogen-bond donors (Lipinski definition) is 1. The molecule has 8 nitrogen and oxygen atoms in total. The average Bonchev–Trinajstić information content (AvgIpc) is 3.35. The van der Waals surface area contributed by atoms with Gasteiger partial charge in [0.2, 0.25) is 5.13 Å². The highest BCUT2D eigenvalue weighted by molar-refractivity contribution is 7.09. The highest BCUT2D eigenvalue weighted by Crippen LogP contribution is 2.30. The minimum atomic E-state index is 0.527. The maximum Gasteiger partial charge on any atom is 0.207 e. The van der Waals surface area contributed by atoms with Crippen LogP contribution in [-0.4, -0.2) is 38.6 Å². The van der Waals surface area contributed by atoms with Crippen LogP contribution in [0.4, 0.5) is 10.8 Å². The molecule has 28 heavy (non-hydrogen) atoms. The maximum atomic E-state index is 5.36. The molecular weight excluding hydrogens is 376 g/mol. The third kappa shape index (κ3) is 3.39. The molecule has 0 saturated heterocycles. The molecule has 0 bridgehead atoms. The number of nitrogens with zero attached hydrogens (tertiary/aromatic N) is 5. The number of methoxy groups -OCH3 is 2. The van der Waals surface area contributed by atoms with E-state index in [0.29, 0.717) is 16.6 Å². The van der Waals surface area contributed by atoms with Crippen molar-refractivity contribution in [3.63, 3.8) is 0 Å². The van der Waals surface area contributed by atoms with E-state index in [0.717, 1.165) is 28.6 Å². The van der Waals surface area contributed by atoms with Crippen molar-refractivity contribution in [2.75, 3.05) is 19.5 Å². The topological polar surface area (TPSA) is 87.0 Å². The highest BCUT2D eigenvalue weighted by Gasteiger charge is 2.17. The first-order chi connectivity index (χ1) is 13.7. The molecule has 0 aliphatic rings. The fourth-order valence-corrected chi connectivity index (χ4v) is 3.32. The van der Waals surface area contributed by atoms with Crippen molar-refractivity contribution in [2.24, 2.45) is 0 Å². The second kappa shape index (κ2) is 7.65. The van der Waals surface area contributed by atoms with E-state index in [2.05, 4.69) is 25.0 Å². The first kappa shape index (κ1) is 17.9. The molecule has 4 rings (SSSR count). The fraction of sp³-hybridized carbons (Fsp3) is 0.158. The van der Waals surface area contributed by atoms with E-state index >= 15 is 0 Å². The predicted octanol–water partition coefficient (Wildman–Crippen LogP) is 3.86.